The molecule has 0 aliphatic rings. The van der Waals surface area contributed by atoms with Gasteiger partial charge < -0.3 is 20.1 Å². The van der Waals surface area contributed by atoms with Gasteiger partial charge in [0.1, 0.15) is 18.1 Å². The van der Waals surface area contributed by atoms with Gasteiger partial charge in [0, 0.05) is 11.2 Å². The monoisotopic (exact) mass is 413 g/mol. The minimum absolute atomic E-state index is 0.183. The Morgan fingerprint density at radius 3 is 2.62 bits per heavy atom. The van der Waals surface area contributed by atoms with E-state index in [2.05, 4.69) is 4.98 Å². The molecule has 1 aromatic heterocycles. The van der Waals surface area contributed by atoms with Crippen molar-refractivity contribution in [3.8, 4) is 5.75 Å². The number of primary amides is 1. The number of hydrogen-bond donors (Lipinski definition) is 2. The number of nitrogens with zero attached hydrogens (tertiary/aromatic N) is 2. The number of carbonyl (C=O) groups is 1. The highest BCUT2D eigenvalue weighted by Gasteiger charge is 2.19. The van der Waals surface area contributed by atoms with Crippen LogP contribution in [-0.4, -0.2) is 26.7 Å². The Balaban J connectivity index is 1.68. The summed E-state index contributed by atoms with van der Waals surface area (Å²) in [7, 11) is 0. The molecule has 3 N–H and O–H groups in total. The minimum atomic E-state index is -0.618. The van der Waals surface area contributed by atoms with Gasteiger partial charge in [0.2, 0.25) is 0 Å². The number of carbonyl (C=O) groups excluding carboxylic acids is 1. The number of rotatable bonds is 9. The van der Waals surface area contributed by atoms with E-state index < -0.39 is 12.0 Å². The Kier molecular flexibility index (Phi) is 6.90. The number of aliphatic hydroxyl groups is 1. The zero-order valence-corrected chi connectivity index (χ0v) is 16.9. The van der Waals surface area contributed by atoms with Crippen molar-refractivity contribution in [3.63, 3.8) is 0 Å². The van der Waals surface area contributed by atoms with E-state index in [0.29, 0.717) is 24.5 Å². The highest BCUT2D eigenvalue weighted by molar-refractivity contribution is 6.30. The topological polar surface area (TPSA) is 90.4 Å². The Morgan fingerprint density at radius 2 is 1.97 bits per heavy atom. The van der Waals surface area contributed by atoms with Gasteiger partial charge in [0.05, 0.1) is 18.5 Å². The van der Waals surface area contributed by atoms with E-state index in [0.717, 1.165) is 16.9 Å². The van der Waals surface area contributed by atoms with Crippen LogP contribution in [0, 0.1) is 0 Å². The van der Waals surface area contributed by atoms with Crippen LogP contribution in [0.3, 0.4) is 0 Å². The van der Waals surface area contributed by atoms with Gasteiger partial charge in [-0.1, -0.05) is 41.9 Å². The number of amides is 1. The Bertz CT molecular complexity index is 954. The summed E-state index contributed by atoms with van der Waals surface area (Å²) in [6.07, 6.45) is 3.82. The van der Waals surface area contributed by atoms with Crippen molar-refractivity contribution in [2.24, 2.45) is 5.73 Å². The highest BCUT2D eigenvalue weighted by Crippen LogP contribution is 2.25. The van der Waals surface area contributed by atoms with Crippen molar-refractivity contribution >= 4 is 17.5 Å². The predicted octanol–water partition coefficient (Wildman–Crippen LogP) is 3.77. The number of halogens is 1. The van der Waals surface area contributed by atoms with Gasteiger partial charge in [-0.2, -0.15) is 0 Å². The number of nitrogens with two attached hydrogens (primary N) is 1. The lowest BCUT2D eigenvalue weighted by atomic mass is 10.0. The van der Waals surface area contributed by atoms with Gasteiger partial charge in [-0.15, -0.1) is 0 Å². The zero-order chi connectivity index (χ0) is 20.8. The number of imidazole rings is 1. The van der Waals surface area contributed by atoms with Crippen LogP contribution in [0.1, 0.15) is 41.0 Å². The second-order valence-electron chi connectivity index (χ2n) is 6.94. The molecular weight excluding hydrogens is 390 g/mol. The summed E-state index contributed by atoms with van der Waals surface area (Å²) in [5, 5.41) is 10.9. The molecule has 0 aliphatic heterocycles. The molecule has 0 saturated carbocycles. The Morgan fingerprint density at radius 1 is 1.24 bits per heavy atom. The number of hydrogen-bond acceptors (Lipinski definition) is 4. The fourth-order valence-electron chi connectivity index (χ4n) is 3.18. The summed E-state index contributed by atoms with van der Waals surface area (Å²) in [5.74, 6) is 0.212. The van der Waals surface area contributed by atoms with E-state index in [1.54, 1.807) is 17.7 Å². The molecule has 0 radical (unpaired) electrons. The average molecular weight is 414 g/mol. The Labute approximate surface area is 174 Å². The highest BCUT2D eigenvalue weighted by atomic mass is 35.5. The first-order valence-corrected chi connectivity index (χ1v) is 9.78. The van der Waals surface area contributed by atoms with E-state index >= 15 is 0 Å². The maximum atomic E-state index is 11.3. The summed E-state index contributed by atoms with van der Waals surface area (Å²) >= 11 is 5.93. The third-order valence-electron chi connectivity index (χ3n) is 4.78. The van der Waals surface area contributed by atoms with E-state index in [9.17, 15) is 9.90 Å². The molecule has 0 spiro atoms. The smallest absolute Gasteiger partial charge is 0.268 e. The van der Waals surface area contributed by atoms with Gasteiger partial charge in [0.25, 0.3) is 5.91 Å². The van der Waals surface area contributed by atoms with Crippen LogP contribution >= 0.6 is 11.6 Å². The number of ether oxygens (including phenoxy) is 1. The van der Waals surface area contributed by atoms with Crippen molar-refractivity contribution in [1.82, 2.24) is 9.55 Å². The summed E-state index contributed by atoms with van der Waals surface area (Å²) in [4.78, 5) is 15.3. The molecular formula is C22H24ClN3O3. The Hall–Kier alpha value is -2.83. The predicted molar refractivity (Wildman–Crippen MR) is 112 cm³/mol. The summed E-state index contributed by atoms with van der Waals surface area (Å²) in [5.41, 5.74) is 7.53. The van der Waals surface area contributed by atoms with Crippen LogP contribution in [0.4, 0.5) is 0 Å². The van der Waals surface area contributed by atoms with E-state index in [1.165, 1.54) is 6.33 Å². The maximum absolute atomic E-state index is 11.3. The molecule has 0 saturated heterocycles. The first-order chi connectivity index (χ1) is 13.9. The largest absolute Gasteiger partial charge is 0.489 e. The molecule has 0 unspecified atom stereocenters. The third kappa shape index (κ3) is 5.59. The first kappa shape index (κ1) is 20.9. The lowest BCUT2D eigenvalue weighted by Crippen LogP contribution is -2.21. The zero-order valence-electron chi connectivity index (χ0n) is 16.2. The SMILES string of the molecule is C[C@H](O)[C@@H](CCc1ccccc1OCc1ccc(Cl)cc1)n1cnc(C(N)=O)c1. The van der Waals surface area contributed by atoms with E-state index in [-0.39, 0.29) is 11.7 Å². The number of benzene rings is 2. The first-order valence-electron chi connectivity index (χ1n) is 9.40. The standard InChI is InChI=1S/C22H24ClN3O3/c1-15(27)20(26-12-19(22(24)28)25-14-26)11-8-17-4-2-3-5-21(17)29-13-16-6-9-18(23)10-7-16/h2-7,9-10,12,14-15,20,27H,8,11,13H2,1H3,(H2,24,28)/t15-,20+/m0/s1. The van der Waals surface area contributed by atoms with Gasteiger partial charge in [0.15, 0.2) is 0 Å². The molecule has 2 atom stereocenters. The molecule has 6 nitrogen and oxygen atoms in total. The molecule has 7 heteroatoms. The quantitative estimate of drug-likeness (QED) is 0.558. The average Bonchev–Trinajstić information content (AvgIpc) is 3.18. The molecule has 152 valence electrons. The lowest BCUT2D eigenvalue weighted by molar-refractivity contribution is 0.0994. The third-order valence-corrected chi connectivity index (χ3v) is 5.04. The van der Waals surface area contributed by atoms with Crippen molar-refractivity contribution in [2.75, 3.05) is 0 Å². The fraction of sp³-hybridized carbons (Fsp3) is 0.273. The molecule has 0 fully saturated rings. The normalized spacial score (nSPS) is 13.1. The number of para-hydroxylation sites is 1. The minimum Gasteiger partial charge on any atom is -0.489 e. The molecule has 0 aliphatic carbocycles. The van der Waals surface area contributed by atoms with Crippen LogP contribution in [0.2, 0.25) is 5.02 Å². The van der Waals surface area contributed by atoms with Crippen molar-refractivity contribution in [1.29, 1.82) is 0 Å². The maximum Gasteiger partial charge on any atom is 0.268 e. The molecule has 3 aromatic rings. The van der Waals surface area contributed by atoms with Gasteiger partial charge in [-0.05, 0) is 49.1 Å². The van der Waals surface area contributed by atoms with Gasteiger partial charge in [-0.25, -0.2) is 4.98 Å². The molecule has 0 bridgehead atoms. The van der Waals surface area contributed by atoms with Crippen molar-refractivity contribution in [3.05, 3.63) is 82.9 Å². The lowest BCUT2D eigenvalue weighted by Gasteiger charge is -2.22. The van der Waals surface area contributed by atoms with E-state index in [4.69, 9.17) is 22.1 Å². The summed E-state index contributed by atoms with van der Waals surface area (Å²) in [6, 6.07) is 15.2. The molecule has 1 heterocycles. The fourth-order valence-corrected chi connectivity index (χ4v) is 3.31. The number of aromatic nitrogens is 2. The molecule has 2 aromatic carbocycles. The van der Waals surface area contributed by atoms with E-state index in [1.807, 2.05) is 48.5 Å². The number of aliphatic hydroxyl groups excluding tert-OH is 1. The van der Waals surface area contributed by atoms with Crippen molar-refractivity contribution in [2.45, 2.75) is 38.5 Å². The van der Waals surface area contributed by atoms with Crippen LogP contribution in [0.15, 0.2) is 61.1 Å². The number of aryl methyl sites for hydroxylation is 1. The van der Waals surface area contributed by atoms with Crippen LogP contribution in [0.25, 0.3) is 0 Å². The van der Waals surface area contributed by atoms with Crippen molar-refractivity contribution < 1.29 is 14.6 Å². The second kappa shape index (κ2) is 9.58. The summed E-state index contributed by atoms with van der Waals surface area (Å²) < 4.78 is 7.75. The van der Waals surface area contributed by atoms with Crippen LogP contribution < -0.4 is 10.5 Å². The van der Waals surface area contributed by atoms with Crippen LogP contribution in [0.5, 0.6) is 5.75 Å². The molecule has 29 heavy (non-hydrogen) atoms. The molecule has 3 rings (SSSR count). The van der Waals surface area contributed by atoms with Gasteiger partial charge in [-0.3, -0.25) is 4.79 Å². The van der Waals surface area contributed by atoms with Gasteiger partial charge >= 0.3 is 0 Å². The second-order valence-corrected chi connectivity index (χ2v) is 7.38. The van der Waals surface area contributed by atoms with Crippen LogP contribution in [-0.2, 0) is 13.0 Å². The molecule has 1 amide bonds. The summed E-state index contributed by atoms with van der Waals surface area (Å²) in [6.45, 7) is 2.16.